The molecule has 1 heterocycles. The van der Waals surface area contributed by atoms with Gasteiger partial charge in [-0.1, -0.05) is 29.8 Å². The number of carbonyl (C=O) groups is 2. The number of carbonyl (C=O) groups excluding carboxylic acids is 1. The standard InChI is InChI=1S/C27H28ClN7O4.C2HF3O2/c1-34(2)23(36)15-39-21-13-10-17(14-22(21)38-3)24(31-18-11-8-16(9-12-18)25(29)30)26-32-27(37)35(33-26)20-7-5-4-6-19(20)28;3-2(4,5)1(6)7/h4-14,24,31H,15H2,1-3H3,(H3,29,30)(H,32,33,37);(H,6,7). The number of nitrogens with zero attached hydrogens (tertiary/aromatic N) is 3. The Balaban J connectivity index is 0.000000738. The molecule has 0 spiro atoms. The molecule has 0 aliphatic heterocycles. The zero-order chi connectivity index (χ0) is 34.2. The van der Waals surface area contributed by atoms with E-state index >= 15 is 0 Å². The Morgan fingerprint density at radius 3 is 2.30 bits per heavy atom. The van der Waals surface area contributed by atoms with E-state index < -0.39 is 23.9 Å². The normalized spacial score (nSPS) is 11.5. The second kappa shape index (κ2) is 15.0. The van der Waals surface area contributed by atoms with Crippen LogP contribution in [0, 0.1) is 5.41 Å². The molecule has 0 radical (unpaired) electrons. The highest BCUT2D eigenvalue weighted by molar-refractivity contribution is 6.32. The molecule has 0 fully saturated rings. The molecule has 1 amide bonds. The van der Waals surface area contributed by atoms with Crippen molar-refractivity contribution in [2.45, 2.75) is 12.2 Å². The van der Waals surface area contributed by atoms with Crippen LogP contribution in [0.1, 0.15) is 23.0 Å². The first-order valence-electron chi connectivity index (χ1n) is 13.1. The number of likely N-dealkylation sites (N-methyl/N-ethyl adjacent to an activating group) is 1. The number of amidine groups is 1. The number of anilines is 1. The fourth-order valence-corrected chi connectivity index (χ4v) is 3.95. The van der Waals surface area contributed by atoms with Crippen LogP contribution in [0.15, 0.2) is 71.5 Å². The summed E-state index contributed by atoms with van der Waals surface area (Å²) in [6.07, 6.45) is -5.08. The third kappa shape index (κ3) is 9.01. The van der Waals surface area contributed by atoms with Crippen LogP contribution in [-0.2, 0) is 9.59 Å². The number of para-hydroxylation sites is 1. The molecule has 1 unspecified atom stereocenters. The zero-order valence-electron chi connectivity index (χ0n) is 24.6. The third-order valence-electron chi connectivity index (χ3n) is 6.11. The van der Waals surface area contributed by atoms with Crippen molar-refractivity contribution in [2.75, 3.05) is 33.1 Å². The highest BCUT2D eigenvalue weighted by Crippen LogP contribution is 2.33. The molecule has 3 aromatic carbocycles. The number of nitrogens with one attached hydrogen (secondary N) is 3. The van der Waals surface area contributed by atoms with E-state index in [0.29, 0.717) is 44.8 Å². The van der Waals surface area contributed by atoms with Gasteiger partial charge in [-0.15, -0.1) is 5.10 Å². The van der Waals surface area contributed by atoms with Gasteiger partial charge in [-0.25, -0.2) is 9.59 Å². The molecule has 17 heteroatoms. The van der Waals surface area contributed by atoms with Gasteiger partial charge < -0.3 is 30.5 Å². The van der Waals surface area contributed by atoms with E-state index in [1.807, 2.05) is 0 Å². The van der Waals surface area contributed by atoms with Crippen LogP contribution in [0.3, 0.4) is 0 Å². The number of hydrogen-bond donors (Lipinski definition) is 5. The average Bonchev–Trinajstić information content (AvgIpc) is 3.39. The molecule has 13 nitrogen and oxygen atoms in total. The molecule has 1 aromatic heterocycles. The largest absolute Gasteiger partial charge is 0.493 e. The number of carboxylic acid groups (broad SMARTS) is 1. The Kier molecular flexibility index (Phi) is 11.4. The molecule has 46 heavy (non-hydrogen) atoms. The van der Waals surface area contributed by atoms with Crippen LogP contribution >= 0.6 is 11.6 Å². The summed E-state index contributed by atoms with van der Waals surface area (Å²) in [5, 5.41) is 23.0. The monoisotopic (exact) mass is 663 g/mol. The van der Waals surface area contributed by atoms with Crippen molar-refractivity contribution in [3.05, 3.63) is 99.2 Å². The zero-order valence-corrected chi connectivity index (χ0v) is 25.3. The Bertz CT molecular complexity index is 1760. The first-order valence-corrected chi connectivity index (χ1v) is 13.5. The predicted molar refractivity (Wildman–Crippen MR) is 163 cm³/mol. The molecule has 6 N–H and O–H groups in total. The van der Waals surface area contributed by atoms with E-state index in [0.717, 1.165) is 0 Å². The first-order chi connectivity index (χ1) is 21.6. The highest BCUT2D eigenvalue weighted by Gasteiger charge is 2.38. The van der Waals surface area contributed by atoms with Gasteiger partial charge in [0.2, 0.25) is 0 Å². The summed E-state index contributed by atoms with van der Waals surface area (Å²) in [5.74, 6) is -1.91. The summed E-state index contributed by atoms with van der Waals surface area (Å²) in [6.45, 7) is -0.150. The maximum atomic E-state index is 12.9. The van der Waals surface area contributed by atoms with Crippen molar-refractivity contribution in [3.8, 4) is 17.2 Å². The molecule has 0 bridgehead atoms. The van der Waals surface area contributed by atoms with Crippen molar-refractivity contribution in [1.82, 2.24) is 19.7 Å². The van der Waals surface area contributed by atoms with Gasteiger partial charge in [0.25, 0.3) is 5.91 Å². The van der Waals surface area contributed by atoms with E-state index in [1.54, 1.807) is 80.8 Å². The molecular weight excluding hydrogens is 635 g/mol. The topological polar surface area (TPSA) is 189 Å². The number of rotatable bonds is 10. The van der Waals surface area contributed by atoms with Gasteiger partial charge in [0.15, 0.2) is 23.9 Å². The fourth-order valence-electron chi connectivity index (χ4n) is 3.73. The second-order valence-electron chi connectivity index (χ2n) is 9.54. The smallest absolute Gasteiger partial charge is 0.490 e. The van der Waals surface area contributed by atoms with Crippen molar-refractivity contribution >= 4 is 35.0 Å². The molecule has 0 aliphatic rings. The van der Waals surface area contributed by atoms with Crippen LogP contribution in [0.2, 0.25) is 5.02 Å². The van der Waals surface area contributed by atoms with E-state index in [-0.39, 0.29) is 18.3 Å². The number of nitrogen functional groups attached to an aromatic ring is 1. The Morgan fingerprint density at radius 1 is 1.13 bits per heavy atom. The molecule has 244 valence electrons. The van der Waals surface area contributed by atoms with E-state index in [4.69, 9.17) is 42.1 Å². The molecule has 4 aromatic rings. The van der Waals surface area contributed by atoms with E-state index in [9.17, 15) is 22.8 Å². The van der Waals surface area contributed by atoms with Gasteiger partial charge in [-0.2, -0.15) is 17.9 Å². The number of aliphatic carboxylic acids is 1. The van der Waals surface area contributed by atoms with Crippen molar-refractivity contribution in [1.29, 1.82) is 5.41 Å². The van der Waals surface area contributed by atoms with Gasteiger partial charge in [-0.3, -0.25) is 15.2 Å². The van der Waals surface area contributed by atoms with Crippen molar-refractivity contribution in [2.24, 2.45) is 5.73 Å². The van der Waals surface area contributed by atoms with E-state index in [2.05, 4.69) is 15.4 Å². The number of methoxy groups -OCH3 is 1. The number of alkyl halides is 3. The minimum atomic E-state index is -5.08. The van der Waals surface area contributed by atoms with Gasteiger partial charge >= 0.3 is 17.8 Å². The van der Waals surface area contributed by atoms with Crippen LogP contribution in [0.5, 0.6) is 11.5 Å². The van der Waals surface area contributed by atoms with E-state index in [1.165, 1.54) is 16.7 Å². The molecule has 0 saturated heterocycles. The number of ether oxygens (including phenoxy) is 2. The lowest BCUT2D eigenvalue weighted by Crippen LogP contribution is -2.27. The van der Waals surface area contributed by atoms with Gasteiger partial charge in [0, 0.05) is 25.3 Å². The molecular formula is C29H29ClF3N7O6. The summed E-state index contributed by atoms with van der Waals surface area (Å²) >= 11 is 6.32. The maximum absolute atomic E-state index is 12.9. The number of benzene rings is 3. The molecule has 0 saturated carbocycles. The second-order valence-corrected chi connectivity index (χ2v) is 9.94. The minimum Gasteiger partial charge on any atom is -0.493 e. The lowest BCUT2D eigenvalue weighted by atomic mass is 10.0. The Hall–Kier alpha value is -5.51. The third-order valence-corrected chi connectivity index (χ3v) is 6.43. The number of H-pyrrole nitrogens is 1. The predicted octanol–water partition coefficient (Wildman–Crippen LogP) is 3.81. The highest BCUT2D eigenvalue weighted by atomic mass is 35.5. The van der Waals surface area contributed by atoms with Gasteiger partial charge in [-0.05, 0) is 54.1 Å². The molecule has 4 rings (SSSR count). The van der Waals surface area contributed by atoms with Crippen molar-refractivity contribution < 1.29 is 37.3 Å². The summed E-state index contributed by atoms with van der Waals surface area (Å²) < 4.78 is 44.2. The summed E-state index contributed by atoms with van der Waals surface area (Å²) in [5.41, 5.74) is 7.51. The lowest BCUT2D eigenvalue weighted by Gasteiger charge is -2.20. The summed E-state index contributed by atoms with van der Waals surface area (Å²) in [4.78, 5) is 38.1. The molecule has 0 aliphatic carbocycles. The number of carboxylic acids is 1. The van der Waals surface area contributed by atoms with Crippen LogP contribution in [-0.4, -0.2) is 76.5 Å². The average molecular weight is 664 g/mol. The number of nitrogens with two attached hydrogens (primary N) is 1. The first kappa shape index (κ1) is 35.0. The lowest BCUT2D eigenvalue weighted by molar-refractivity contribution is -0.192. The Labute approximate surface area is 264 Å². The van der Waals surface area contributed by atoms with Gasteiger partial charge in [0.05, 0.1) is 17.8 Å². The minimum absolute atomic E-state index is 0.0472. The number of hydrogen-bond acceptors (Lipinski definition) is 8. The number of halogens is 4. The summed E-state index contributed by atoms with van der Waals surface area (Å²) in [7, 11) is 4.79. The van der Waals surface area contributed by atoms with Gasteiger partial charge in [0.1, 0.15) is 11.9 Å². The van der Waals surface area contributed by atoms with Crippen LogP contribution in [0.4, 0.5) is 18.9 Å². The summed E-state index contributed by atoms with van der Waals surface area (Å²) in [6, 6.07) is 18.4. The maximum Gasteiger partial charge on any atom is 0.490 e. The number of aromatic amines is 1. The Morgan fingerprint density at radius 2 is 1.76 bits per heavy atom. The fraction of sp³-hybridized carbons (Fsp3) is 0.207. The number of aromatic nitrogens is 3. The SMILES string of the molecule is COc1cc(C(Nc2ccc(C(=N)N)cc2)c2nn(-c3ccccc3Cl)c(=O)[nH]2)ccc1OCC(=O)N(C)C.O=C(O)C(F)(F)F. The van der Waals surface area contributed by atoms with Crippen LogP contribution in [0.25, 0.3) is 5.69 Å². The quantitative estimate of drug-likeness (QED) is 0.124. The van der Waals surface area contributed by atoms with Crippen LogP contribution < -0.4 is 26.2 Å². The number of amides is 1. The van der Waals surface area contributed by atoms with Crippen molar-refractivity contribution in [3.63, 3.8) is 0 Å². The molecule has 1 atom stereocenters.